The highest BCUT2D eigenvalue weighted by Crippen LogP contribution is 2.32. The van der Waals surface area contributed by atoms with Crippen LogP contribution in [0.15, 0.2) is 0 Å². The molecule has 2 aliphatic rings. The minimum absolute atomic E-state index is 1.00. The number of hydrogen-bond donors (Lipinski definition) is 1. The van der Waals surface area contributed by atoms with Gasteiger partial charge in [0.05, 0.1) is 0 Å². The van der Waals surface area contributed by atoms with Crippen LogP contribution in [-0.2, 0) is 0 Å². The molecule has 0 saturated heterocycles. The molecule has 0 radical (unpaired) electrons. The monoisotopic (exact) mass is 209 g/mol. The molecule has 1 heteroatoms. The Balaban J connectivity index is 1.43. The van der Waals surface area contributed by atoms with Gasteiger partial charge in [0, 0.05) is 0 Å². The zero-order valence-corrected chi connectivity index (χ0v) is 10.3. The highest BCUT2D eigenvalue weighted by molar-refractivity contribution is 4.74. The summed E-state index contributed by atoms with van der Waals surface area (Å²) in [4.78, 5) is 0. The molecule has 0 aliphatic heterocycles. The van der Waals surface area contributed by atoms with E-state index in [9.17, 15) is 0 Å². The van der Waals surface area contributed by atoms with Crippen molar-refractivity contribution < 1.29 is 0 Å². The van der Waals surface area contributed by atoms with Crippen LogP contribution in [0.4, 0.5) is 0 Å². The fourth-order valence-electron chi connectivity index (χ4n) is 2.76. The minimum Gasteiger partial charge on any atom is -0.317 e. The van der Waals surface area contributed by atoms with Gasteiger partial charge in [0.25, 0.3) is 0 Å². The van der Waals surface area contributed by atoms with Gasteiger partial charge in [-0.3, -0.25) is 0 Å². The van der Waals surface area contributed by atoms with Gasteiger partial charge in [0.15, 0.2) is 0 Å². The zero-order valence-electron chi connectivity index (χ0n) is 10.3. The van der Waals surface area contributed by atoms with Gasteiger partial charge < -0.3 is 5.32 Å². The third-order valence-electron chi connectivity index (χ3n) is 4.29. The molecule has 2 rings (SSSR count). The molecular formula is C14H27N. The average molecular weight is 209 g/mol. The van der Waals surface area contributed by atoms with E-state index < -0.39 is 0 Å². The van der Waals surface area contributed by atoms with E-state index in [0.29, 0.717) is 0 Å². The first-order valence-corrected chi connectivity index (χ1v) is 7.05. The molecule has 0 unspecified atom stereocenters. The van der Waals surface area contributed by atoms with Crippen molar-refractivity contribution in [1.82, 2.24) is 5.32 Å². The van der Waals surface area contributed by atoms with Crippen LogP contribution in [0.25, 0.3) is 0 Å². The van der Waals surface area contributed by atoms with Gasteiger partial charge in [-0.05, 0) is 43.7 Å². The topological polar surface area (TPSA) is 12.0 Å². The predicted octanol–water partition coefficient (Wildman–Crippen LogP) is 3.59. The molecule has 0 heterocycles. The summed E-state index contributed by atoms with van der Waals surface area (Å²) in [5, 5.41) is 3.62. The first kappa shape index (κ1) is 11.4. The predicted molar refractivity (Wildman–Crippen MR) is 65.9 cm³/mol. The maximum atomic E-state index is 3.62. The molecule has 0 aromatic carbocycles. The van der Waals surface area contributed by atoms with Crippen molar-refractivity contribution in [2.45, 2.75) is 58.3 Å². The molecule has 0 bridgehead atoms. The summed E-state index contributed by atoms with van der Waals surface area (Å²) in [5.41, 5.74) is 0. The van der Waals surface area contributed by atoms with Gasteiger partial charge in [-0.1, -0.05) is 45.4 Å². The molecule has 1 N–H and O–H groups in total. The molecule has 2 saturated carbocycles. The van der Waals surface area contributed by atoms with Gasteiger partial charge in [-0.2, -0.15) is 0 Å². The molecule has 2 fully saturated rings. The molecule has 0 spiro atoms. The Labute approximate surface area is 95.0 Å². The van der Waals surface area contributed by atoms with Crippen molar-refractivity contribution in [2.24, 2.45) is 17.8 Å². The lowest BCUT2D eigenvalue weighted by Gasteiger charge is -2.26. The van der Waals surface area contributed by atoms with Crippen LogP contribution < -0.4 is 5.32 Å². The minimum atomic E-state index is 1.00. The van der Waals surface area contributed by atoms with Crippen LogP contribution in [0.5, 0.6) is 0 Å². The third kappa shape index (κ3) is 4.55. The largest absolute Gasteiger partial charge is 0.317 e. The molecular weight excluding hydrogens is 182 g/mol. The van der Waals surface area contributed by atoms with Crippen LogP contribution in [0, 0.1) is 17.8 Å². The second kappa shape index (κ2) is 5.89. The standard InChI is InChI=1S/C14H27N/c1-12-2-4-13(5-3-12)8-10-15-11-9-14-6-7-14/h12-15H,2-11H2,1H3. The Morgan fingerprint density at radius 2 is 1.27 bits per heavy atom. The highest BCUT2D eigenvalue weighted by Gasteiger charge is 2.20. The van der Waals surface area contributed by atoms with E-state index in [-0.39, 0.29) is 0 Å². The number of nitrogens with one attached hydrogen (secondary N) is 1. The molecule has 15 heavy (non-hydrogen) atoms. The van der Waals surface area contributed by atoms with Crippen LogP contribution >= 0.6 is 0 Å². The molecule has 2 aliphatic carbocycles. The summed E-state index contributed by atoms with van der Waals surface area (Å²) in [6.07, 6.45) is 11.8. The Morgan fingerprint density at radius 3 is 1.73 bits per heavy atom. The number of rotatable bonds is 6. The summed E-state index contributed by atoms with van der Waals surface area (Å²) in [5.74, 6) is 3.13. The van der Waals surface area contributed by atoms with Crippen molar-refractivity contribution in [3.05, 3.63) is 0 Å². The summed E-state index contributed by atoms with van der Waals surface area (Å²) in [7, 11) is 0. The smallest absolute Gasteiger partial charge is 0.00463 e. The van der Waals surface area contributed by atoms with E-state index in [2.05, 4.69) is 12.2 Å². The Hall–Kier alpha value is -0.0400. The summed E-state index contributed by atoms with van der Waals surface area (Å²) in [6.45, 7) is 4.95. The van der Waals surface area contributed by atoms with Gasteiger partial charge in [0.1, 0.15) is 0 Å². The van der Waals surface area contributed by atoms with Gasteiger partial charge >= 0.3 is 0 Å². The average Bonchev–Trinajstić information content (AvgIpc) is 3.04. The van der Waals surface area contributed by atoms with Crippen LogP contribution in [0.1, 0.15) is 58.3 Å². The van der Waals surface area contributed by atoms with Gasteiger partial charge in [0.2, 0.25) is 0 Å². The Kier molecular flexibility index (Phi) is 4.49. The SMILES string of the molecule is CC1CCC(CCNCCC2CC2)CC1. The van der Waals surface area contributed by atoms with Crippen LogP contribution in [-0.4, -0.2) is 13.1 Å². The van der Waals surface area contributed by atoms with Crippen LogP contribution in [0.3, 0.4) is 0 Å². The van der Waals surface area contributed by atoms with E-state index >= 15 is 0 Å². The molecule has 0 amide bonds. The maximum absolute atomic E-state index is 3.62. The van der Waals surface area contributed by atoms with Crippen LogP contribution in [0.2, 0.25) is 0 Å². The lowest BCUT2D eigenvalue weighted by molar-refractivity contribution is 0.275. The van der Waals surface area contributed by atoms with E-state index in [0.717, 1.165) is 17.8 Å². The summed E-state index contributed by atoms with van der Waals surface area (Å²) in [6, 6.07) is 0. The Bertz CT molecular complexity index is 166. The third-order valence-corrected chi connectivity index (χ3v) is 4.29. The van der Waals surface area contributed by atoms with Gasteiger partial charge in [-0.25, -0.2) is 0 Å². The molecule has 88 valence electrons. The van der Waals surface area contributed by atoms with E-state index in [1.54, 1.807) is 0 Å². The van der Waals surface area contributed by atoms with Crippen molar-refractivity contribution in [2.75, 3.05) is 13.1 Å². The van der Waals surface area contributed by atoms with Crippen molar-refractivity contribution in [1.29, 1.82) is 0 Å². The maximum Gasteiger partial charge on any atom is -0.00463 e. The fraction of sp³-hybridized carbons (Fsp3) is 1.00. The lowest BCUT2D eigenvalue weighted by Crippen LogP contribution is -2.21. The molecule has 0 atom stereocenters. The van der Waals surface area contributed by atoms with Gasteiger partial charge in [-0.15, -0.1) is 0 Å². The second-order valence-electron chi connectivity index (χ2n) is 5.90. The Morgan fingerprint density at radius 1 is 0.800 bits per heavy atom. The van der Waals surface area contributed by atoms with Crippen molar-refractivity contribution in [3.63, 3.8) is 0 Å². The lowest BCUT2D eigenvalue weighted by atomic mass is 9.81. The fourth-order valence-corrected chi connectivity index (χ4v) is 2.76. The second-order valence-corrected chi connectivity index (χ2v) is 5.90. The van der Waals surface area contributed by atoms with E-state index in [1.165, 1.54) is 64.5 Å². The quantitative estimate of drug-likeness (QED) is 0.659. The zero-order chi connectivity index (χ0) is 10.5. The first-order chi connectivity index (χ1) is 7.34. The van der Waals surface area contributed by atoms with E-state index in [4.69, 9.17) is 0 Å². The normalized spacial score (nSPS) is 31.8. The van der Waals surface area contributed by atoms with E-state index in [1.807, 2.05) is 0 Å². The van der Waals surface area contributed by atoms with Crippen molar-refractivity contribution >= 4 is 0 Å². The molecule has 0 aromatic rings. The van der Waals surface area contributed by atoms with Crippen molar-refractivity contribution in [3.8, 4) is 0 Å². The first-order valence-electron chi connectivity index (χ1n) is 7.05. The molecule has 0 aromatic heterocycles. The molecule has 1 nitrogen and oxygen atoms in total. The summed E-state index contributed by atoms with van der Waals surface area (Å²) < 4.78 is 0. The summed E-state index contributed by atoms with van der Waals surface area (Å²) >= 11 is 0. The number of hydrogen-bond acceptors (Lipinski definition) is 1. The highest BCUT2D eigenvalue weighted by atomic mass is 14.8.